The summed E-state index contributed by atoms with van der Waals surface area (Å²) in [6, 6.07) is 3.53. The summed E-state index contributed by atoms with van der Waals surface area (Å²) in [6.07, 6.45) is 1.90. The van der Waals surface area contributed by atoms with E-state index in [9.17, 15) is 0 Å². The van der Waals surface area contributed by atoms with Crippen molar-refractivity contribution in [1.82, 2.24) is 10.2 Å². The number of halogens is 1. The molecule has 0 saturated heterocycles. The van der Waals surface area contributed by atoms with E-state index in [1.54, 1.807) is 6.07 Å². The molecule has 1 heterocycles. The van der Waals surface area contributed by atoms with Gasteiger partial charge in [-0.1, -0.05) is 17.7 Å². The summed E-state index contributed by atoms with van der Waals surface area (Å²) < 4.78 is 0. The molecule has 1 aromatic heterocycles. The molecule has 0 aliphatic heterocycles. The van der Waals surface area contributed by atoms with Crippen LogP contribution in [0, 0.1) is 0 Å². The van der Waals surface area contributed by atoms with Crippen molar-refractivity contribution < 1.29 is 0 Å². The molecule has 0 bridgehead atoms. The Labute approximate surface area is 93.0 Å². The Morgan fingerprint density at radius 2 is 2.36 bits per heavy atom. The van der Waals surface area contributed by atoms with Crippen molar-refractivity contribution in [2.75, 3.05) is 23.4 Å². The lowest BCUT2D eigenvalue weighted by molar-refractivity contribution is 1.01. The molecule has 0 unspecified atom stereocenters. The van der Waals surface area contributed by atoms with Crippen molar-refractivity contribution in [2.45, 2.75) is 0 Å². The predicted molar refractivity (Wildman–Crippen MR) is 63.1 cm³/mol. The molecule has 76 valence electrons. The van der Waals surface area contributed by atoms with Crippen molar-refractivity contribution in [1.29, 1.82) is 0 Å². The third kappa shape index (κ3) is 4.48. The molecule has 1 aromatic rings. The number of thioether (sulfide) groups is 1. The summed E-state index contributed by atoms with van der Waals surface area (Å²) >= 11 is 7.42. The van der Waals surface area contributed by atoms with Crippen LogP contribution in [0.25, 0.3) is 0 Å². The van der Waals surface area contributed by atoms with Crippen LogP contribution in [0.4, 0.5) is 5.82 Å². The van der Waals surface area contributed by atoms with Gasteiger partial charge in [0.15, 0.2) is 5.15 Å². The lowest BCUT2D eigenvalue weighted by Gasteiger charge is -2.03. The number of hydrogen-bond acceptors (Lipinski definition) is 4. The maximum Gasteiger partial charge on any atom is 0.151 e. The van der Waals surface area contributed by atoms with E-state index in [0.717, 1.165) is 23.9 Å². The number of nitrogens with one attached hydrogen (secondary N) is 1. The van der Waals surface area contributed by atoms with E-state index in [2.05, 4.69) is 22.1 Å². The second-order valence-electron chi connectivity index (χ2n) is 2.53. The molecule has 0 aliphatic rings. The van der Waals surface area contributed by atoms with Crippen molar-refractivity contribution >= 4 is 29.2 Å². The van der Waals surface area contributed by atoms with Crippen LogP contribution < -0.4 is 5.32 Å². The number of anilines is 1. The largest absolute Gasteiger partial charge is 0.368 e. The quantitative estimate of drug-likeness (QED) is 0.601. The molecule has 0 amide bonds. The van der Waals surface area contributed by atoms with Gasteiger partial charge in [0.05, 0.1) is 0 Å². The molecule has 14 heavy (non-hydrogen) atoms. The molecule has 1 rings (SSSR count). The Morgan fingerprint density at radius 3 is 3.00 bits per heavy atom. The molecular formula is C9H12ClN3S. The highest BCUT2D eigenvalue weighted by molar-refractivity contribution is 7.99. The summed E-state index contributed by atoms with van der Waals surface area (Å²) in [6.45, 7) is 4.52. The zero-order valence-corrected chi connectivity index (χ0v) is 9.31. The second kappa shape index (κ2) is 6.68. The fourth-order valence-corrected chi connectivity index (χ4v) is 1.51. The van der Waals surface area contributed by atoms with E-state index in [0.29, 0.717) is 5.15 Å². The van der Waals surface area contributed by atoms with Crippen LogP contribution in [0.15, 0.2) is 24.8 Å². The molecule has 1 N–H and O–H groups in total. The van der Waals surface area contributed by atoms with Gasteiger partial charge in [-0.2, -0.15) is 11.8 Å². The SMILES string of the molecule is C=CCSCCNc1ccc(Cl)nn1. The van der Waals surface area contributed by atoms with Crippen molar-refractivity contribution in [3.05, 3.63) is 29.9 Å². The summed E-state index contributed by atoms with van der Waals surface area (Å²) in [5, 5.41) is 11.2. The normalized spacial score (nSPS) is 9.79. The lowest BCUT2D eigenvalue weighted by Crippen LogP contribution is -2.06. The van der Waals surface area contributed by atoms with Crippen LogP contribution in [0.3, 0.4) is 0 Å². The van der Waals surface area contributed by atoms with Gasteiger partial charge in [0.1, 0.15) is 5.82 Å². The molecule has 0 fully saturated rings. The Kier molecular flexibility index (Phi) is 5.40. The van der Waals surface area contributed by atoms with Crippen LogP contribution in [0.1, 0.15) is 0 Å². The smallest absolute Gasteiger partial charge is 0.151 e. The van der Waals surface area contributed by atoms with Gasteiger partial charge in [-0.3, -0.25) is 0 Å². The maximum absolute atomic E-state index is 5.60. The number of hydrogen-bond donors (Lipinski definition) is 1. The zero-order valence-electron chi connectivity index (χ0n) is 7.74. The average molecular weight is 230 g/mol. The number of nitrogens with zero attached hydrogens (tertiary/aromatic N) is 2. The van der Waals surface area contributed by atoms with Crippen molar-refractivity contribution in [3.63, 3.8) is 0 Å². The minimum Gasteiger partial charge on any atom is -0.368 e. The van der Waals surface area contributed by atoms with Gasteiger partial charge in [0.2, 0.25) is 0 Å². The predicted octanol–water partition coefficient (Wildman–Crippen LogP) is 2.46. The first-order valence-electron chi connectivity index (χ1n) is 4.24. The van der Waals surface area contributed by atoms with E-state index < -0.39 is 0 Å². The van der Waals surface area contributed by atoms with Gasteiger partial charge in [-0.25, -0.2) is 0 Å². The summed E-state index contributed by atoms with van der Waals surface area (Å²) in [4.78, 5) is 0. The fraction of sp³-hybridized carbons (Fsp3) is 0.333. The van der Waals surface area contributed by atoms with Crippen molar-refractivity contribution in [2.24, 2.45) is 0 Å². The molecule has 5 heteroatoms. The van der Waals surface area contributed by atoms with Crippen LogP contribution in [-0.2, 0) is 0 Å². The molecule has 0 aliphatic carbocycles. The van der Waals surface area contributed by atoms with E-state index in [-0.39, 0.29) is 0 Å². The molecule has 0 atom stereocenters. The summed E-state index contributed by atoms with van der Waals surface area (Å²) in [5.74, 6) is 2.76. The van der Waals surface area contributed by atoms with Gasteiger partial charge in [-0.15, -0.1) is 16.8 Å². The maximum atomic E-state index is 5.60. The minimum absolute atomic E-state index is 0.414. The van der Waals surface area contributed by atoms with E-state index in [1.165, 1.54) is 0 Å². The minimum atomic E-state index is 0.414. The monoisotopic (exact) mass is 229 g/mol. The van der Waals surface area contributed by atoms with Crippen LogP contribution in [0.5, 0.6) is 0 Å². The molecule has 0 radical (unpaired) electrons. The number of aromatic nitrogens is 2. The van der Waals surface area contributed by atoms with Crippen LogP contribution in [-0.4, -0.2) is 28.2 Å². The number of rotatable bonds is 6. The first-order valence-corrected chi connectivity index (χ1v) is 5.78. The highest BCUT2D eigenvalue weighted by Gasteiger charge is 1.93. The van der Waals surface area contributed by atoms with Crippen molar-refractivity contribution in [3.8, 4) is 0 Å². The first-order chi connectivity index (χ1) is 6.83. The Bertz CT molecular complexity index is 276. The molecule has 0 spiro atoms. The third-order valence-electron chi connectivity index (χ3n) is 1.42. The van der Waals surface area contributed by atoms with Gasteiger partial charge >= 0.3 is 0 Å². The Morgan fingerprint density at radius 1 is 1.50 bits per heavy atom. The molecule has 0 aromatic carbocycles. The van der Waals surface area contributed by atoms with Crippen LogP contribution in [0.2, 0.25) is 5.15 Å². The second-order valence-corrected chi connectivity index (χ2v) is 4.07. The van der Waals surface area contributed by atoms with Crippen LogP contribution >= 0.6 is 23.4 Å². The van der Waals surface area contributed by atoms with Gasteiger partial charge < -0.3 is 5.32 Å². The standard InChI is InChI=1S/C9H12ClN3S/c1-2-6-14-7-5-11-9-4-3-8(10)12-13-9/h2-4H,1,5-7H2,(H,11,13). The Balaban J connectivity index is 2.18. The third-order valence-corrected chi connectivity index (χ3v) is 2.59. The van der Waals surface area contributed by atoms with Gasteiger partial charge in [0.25, 0.3) is 0 Å². The fourth-order valence-electron chi connectivity index (χ4n) is 0.828. The summed E-state index contributed by atoms with van der Waals surface area (Å²) in [7, 11) is 0. The highest BCUT2D eigenvalue weighted by atomic mass is 35.5. The van der Waals surface area contributed by atoms with E-state index in [1.807, 2.05) is 23.9 Å². The molecular weight excluding hydrogens is 218 g/mol. The molecule has 3 nitrogen and oxygen atoms in total. The average Bonchev–Trinajstić information content (AvgIpc) is 2.21. The topological polar surface area (TPSA) is 37.8 Å². The Hall–Kier alpha value is -0.740. The lowest BCUT2D eigenvalue weighted by atomic mass is 10.5. The van der Waals surface area contributed by atoms with Gasteiger partial charge in [-0.05, 0) is 12.1 Å². The van der Waals surface area contributed by atoms with Gasteiger partial charge in [0, 0.05) is 18.1 Å². The van der Waals surface area contributed by atoms with E-state index in [4.69, 9.17) is 11.6 Å². The zero-order chi connectivity index (χ0) is 10.2. The first kappa shape index (κ1) is 11.3. The molecule has 0 saturated carbocycles. The van der Waals surface area contributed by atoms with E-state index >= 15 is 0 Å². The summed E-state index contributed by atoms with van der Waals surface area (Å²) in [5.41, 5.74) is 0. The highest BCUT2D eigenvalue weighted by Crippen LogP contribution is 2.06.